The summed E-state index contributed by atoms with van der Waals surface area (Å²) >= 11 is 0. The highest BCUT2D eigenvalue weighted by molar-refractivity contribution is 5.84. The molecule has 1 amide bonds. The first-order valence-electron chi connectivity index (χ1n) is 7.26. The third-order valence-corrected chi connectivity index (χ3v) is 2.29. The van der Waals surface area contributed by atoms with E-state index in [9.17, 15) is 35.9 Å². The van der Waals surface area contributed by atoms with Crippen LogP contribution in [-0.4, -0.2) is 76.6 Å². The second-order valence-electron chi connectivity index (χ2n) is 4.75. The molecule has 0 saturated heterocycles. The minimum Gasteiger partial charge on any atom is -0.480 e. The molecule has 18 heteroatoms. The maximum Gasteiger partial charge on any atom is 0.490 e. The van der Waals surface area contributed by atoms with Crippen LogP contribution in [0.5, 0.6) is 0 Å². The highest BCUT2D eigenvalue weighted by atomic mass is 19.4. The lowest BCUT2D eigenvalue weighted by Crippen LogP contribution is -2.44. The van der Waals surface area contributed by atoms with E-state index < -0.39 is 42.2 Å². The predicted octanol–water partition coefficient (Wildman–Crippen LogP) is -0.956. The van der Waals surface area contributed by atoms with Crippen LogP contribution >= 0.6 is 0 Å². The van der Waals surface area contributed by atoms with E-state index in [1.165, 1.54) is 0 Å². The number of carbonyl (C=O) groups excluding carboxylic acids is 1. The van der Waals surface area contributed by atoms with E-state index in [4.69, 9.17) is 41.8 Å². The molecule has 0 saturated carbocycles. The SMILES string of the molecule is N=C(N)NCCC[C@H](NC(=O)CN)C(=O)O.O=C(O)C(F)(F)F.O=C(O)C(F)(F)F. The Kier molecular flexibility index (Phi) is 15.3. The Morgan fingerprint density at radius 1 is 0.933 bits per heavy atom. The zero-order valence-electron chi connectivity index (χ0n) is 14.8. The zero-order chi connectivity index (χ0) is 24.7. The van der Waals surface area contributed by atoms with Gasteiger partial charge >= 0.3 is 30.3 Å². The number of alkyl halides is 6. The molecule has 0 fully saturated rings. The number of amides is 1. The van der Waals surface area contributed by atoms with Crippen LogP contribution in [0, 0.1) is 5.41 Å². The fourth-order valence-electron chi connectivity index (χ4n) is 1.04. The van der Waals surface area contributed by atoms with Crippen LogP contribution in [0.25, 0.3) is 0 Å². The normalized spacial score (nSPS) is 11.4. The van der Waals surface area contributed by atoms with Gasteiger partial charge in [-0.3, -0.25) is 10.2 Å². The molecule has 0 unspecified atom stereocenters. The van der Waals surface area contributed by atoms with Gasteiger partial charge in [-0.15, -0.1) is 0 Å². The Morgan fingerprint density at radius 3 is 1.53 bits per heavy atom. The van der Waals surface area contributed by atoms with Gasteiger partial charge in [0.2, 0.25) is 5.91 Å². The quantitative estimate of drug-likeness (QED) is 0.101. The molecule has 176 valence electrons. The number of nitrogens with two attached hydrogens (primary N) is 2. The number of nitrogens with one attached hydrogen (secondary N) is 3. The highest BCUT2D eigenvalue weighted by Crippen LogP contribution is 2.13. The predicted molar refractivity (Wildman–Crippen MR) is 85.2 cm³/mol. The second-order valence-corrected chi connectivity index (χ2v) is 4.75. The van der Waals surface area contributed by atoms with Crippen molar-refractivity contribution < 1.29 is 60.8 Å². The lowest BCUT2D eigenvalue weighted by Gasteiger charge is -2.13. The van der Waals surface area contributed by atoms with Crippen molar-refractivity contribution in [2.75, 3.05) is 13.1 Å². The summed E-state index contributed by atoms with van der Waals surface area (Å²) in [5.74, 6) is -7.30. The number of hydrogen-bond donors (Lipinski definition) is 8. The highest BCUT2D eigenvalue weighted by Gasteiger charge is 2.38. The molecule has 10 N–H and O–H groups in total. The third-order valence-electron chi connectivity index (χ3n) is 2.29. The first-order valence-corrected chi connectivity index (χ1v) is 7.26. The Balaban J connectivity index is -0.000000430. The number of guanidine groups is 1. The second kappa shape index (κ2) is 14.7. The molecule has 0 aliphatic rings. The fourth-order valence-corrected chi connectivity index (χ4v) is 1.04. The van der Waals surface area contributed by atoms with Crippen molar-refractivity contribution >= 4 is 29.8 Å². The van der Waals surface area contributed by atoms with Gasteiger partial charge in [0.15, 0.2) is 5.96 Å². The molecular formula is C12H19F6N5O7. The van der Waals surface area contributed by atoms with Gasteiger partial charge in [-0.2, -0.15) is 26.3 Å². The third kappa shape index (κ3) is 21.0. The Labute approximate surface area is 163 Å². The van der Waals surface area contributed by atoms with E-state index in [-0.39, 0.29) is 18.9 Å². The topological polar surface area (TPSA) is 229 Å². The summed E-state index contributed by atoms with van der Waals surface area (Å²) in [5, 5.41) is 34.7. The lowest BCUT2D eigenvalue weighted by atomic mass is 10.1. The van der Waals surface area contributed by atoms with Crippen LogP contribution < -0.4 is 22.1 Å². The molecule has 0 bridgehead atoms. The summed E-state index contributed by atoms with van der Waals surface area (Å²) in [6.07, 6.45) is -9.44. The monoisotopic (exact) mass is 459 g/mol. The average Bonchev–Trinajstić information content (AvgIpc) is 2.56. The van der Waals surface area contributed by atoms with Gasteiger partial charge < -0.3 is 37.4 Å². The van der Waals surface area contributed by atoms with Crippen molar-refractivity contribution in [3.05, 3.63) is 0 Å². The van der Waals surface area contributed by atoms with Crippen LogP contribution in [0.4, 0.5) is 26.3 Å². The van der Waals surface area contributed by atoms with Crippen LogP contribution in [0.15, 0.2) is 0 Å². The van der Waals surface area contributed by atoms with Crippen LogP contribution in [-0.2, 0) is 19.2 Å². The van der Waals surface area contributed by atoms with Crippen molar-refractivity contribution in [3.8, 4) is 0 Å². The van der Waals surface area contributed by atoms with Gasteiger partial charge in [0.25, 0.3) is 0 Å². The molecular weight excluding hydrogens is 440 g/mol. The smallest absolute Gasteiger partial charge is 0.480 e. The summed E-state index contributed by atoms with van der Waals surface area (Å²) in [6.45, 7) is 0.146. The number of carboxylic acids is 3. The van der Waals surface area contributed by atoms with E-state index in [0.717, 1.165) is 0 Å². The van der Waals surface area contributed by atoms with Gasteiger partial charge in [-0.05, 0) is 12.8 Å². The summed E-state index contributed by atoms with van der Waals surface area (Å²) in [5.41, 5.74) is 10.1. The minimum atomic E-state index is -5.08. The van der Waals surface area contributed by atoms with Gasteiger partial charge in [-0.1, -0.05) is 0 Å². The van der Waals surface area contributed by atoms with E-state index in [1.807, 2.05) is 0 Å². The van der Waals surface area contributed by atoms with E-state index >= 15 is 0 Å². The van der Waals surface area contributed by atoms with Crippen LogP contribution in [0.2, 0.25) is 0 Å². The van der Waals surface area contributed by atoms with Crippen molar-refractivity contribution in [2.24, 2.45) is 11.5 Å². The standard InChI is InChI=1S/C8H17N5O3.2C2HF3O2/c9-4-6(14)13-5(7(15)16)2-1-3-12-8(10)11;2*3-2(4,5)1(6)7/h5H,1-4,9H2,(H,13,14)(H,15,16)(H4,10,11,12);2*(H,6,7)/t5-;;/m0../s1. The minimum absolute atomic E-state index is 0.169. The molecule has 30 heavy (non-hydrogen) atoms. The molecule has 0 aromatic carbocycles. The molecule has 0 aromatic heterocycles. The summed E-state index contributed by atoms with van der Waals surface area (Å²) in [6, 6.07) is -0.954. The maximum atomic E-state index is 10.9. The average molecular weight is 459 g/mol. The number of carboxylic acid groups (broad SMARTS) is 3. The first kappa shape index (κ1) is 31.4. The number of halogens is 6. The maximum absolute atomic E-state index is 10.9. The van der Waals surface area contributed by atoms with Crippen molar-refractivity contribution in [3.63, 3.8) is 0 Å². The van der Waals surface area contributed by atoms with Crippen molar-refractivity contribution in [1.82, 2.24) is 10.6 Å². The lowest BCUT2D eigenvalue weighted by molar-refractivity contribution is -0.193. The van der Waals surface area contributed by atoms with Crippen LogP contribution in [0.3, 0.4) is 0 Å². The van der Waals surface area contributed by atoms with Gasteiger partial charge in [0, 0.05) is 6.54 Å². The van der Waals surface area contributed by atoms with Crippen LogP contribution in [0.1, 0.15) is 12.8 Å². The number of hydrogen-bond acceptors (Lipinski definition) is 6. The number of aliphatic carboxylic acids is 3. The molecule has 0 rings (SSSR count). The molecule has 0 heterocycles. The summed E-state index contributed by atoms with van der Waals surface area (Å²) in [4.78, 5) is 39.4. The Bertz CT molecular complexity index is 573. The first-order chi connectivity index (χ1) is 13.4. The van der Waals surface area contributed by atoms with E-state index in [0.29, 0.717) is 13.0 Å². The fraction of sp³-hybridized carbons (Fsp3) is 0.583. The molecule has 0 aromatic rings. The largest absolute Gasteiger partial charge is 0.490 e. The van der Waals surface area contributed by atoms with Crippen molar-refractivity contribution in [2.45, 2.75) is 31.2 Å². The van der Waals surface area contributed by atoms with E-state index in [2.05, 4.69) is 10.6 Å². The van der Waals surface area contributed by atoms with Crippen molar-refractivity contribution in [1.29, 1.82) is 5.41 Å². The Hall–Kier alpha value is -3.31. The molecule has 0 spiro atoms. The summed E-state index contributed by atoms with van der Waals surface area (Å²) in [7, 11) is 0. The van der Waals surface area contributed by atoms with E-state index in [1.54, 1.807) is 0 Å². The zero-order valence-corrected chi connectivity index (χ0v) is 14.8. The Morgan fingerprint density at radius 2 is 1.30 bits per heavy atom. The number of rotatable bonds is 7. The summed E-state index contributed by atoms with van der Waals surface area (Å²) < 4.78 is 63.5. The van der Waals surface area contributed by atoms with Gasteiger partial charge in [0.1, 0.15) is 6.04 Å². The molecule has 0 aliphatic heterocycles. The molecule has 0 radical (unpaired) electrons. The molecule has 12 nitrogen and oxygen atoms in total. The van der Waals surface area contributed by atoms with Gasteiger partial charge in [-0.25, -0.2) is 14.4 Å². The molecule has 0 aliphatic carbocycles. The molecule has 1 atom stereocenters. The van der Waals surface area contributed by atoms with Gasteiger partial charge in [0.05, 0.1) is 6.54 Å². The number of carbonyl (C=O) groups is 4.